The average molecular weight is 324 g/mol. The summed E-state index contributed by atoms with van der Waals surface area (Å²) in [5, 5.41) is 3.17. The van der Waals surface area contributed by atoms with Crippen molar-refractivity contribution in [2.24, 2.45) is 0 Å². The molecule has 1 heterocycles. The van der Waals surface area contributed by atoms with Gasteiger partial charge in [-0.2, -0.15) is 0 Å². The zero-order valence-corrected chi connectivity index (χ0v) is 14.4. The van der Waals surface area contributed by atoms with Crippen LogP contribution in [0.2, 0.25) is 0 Å². The normalized spacial score (nSPS) is 11.1. The molecule has 0 atom stereocenters. The Morgan fingerprint density at radius 2 is 2.14 bits per heavy atom. The molecule has 0 N–H and O–H groups in total. The van der Waals surface area contributed by atoms with E-state index in [9.17, 15) is 0 Å². The summed E-state index contributed by atoms with van der Waals surface area (Å²) in [6, 6.07) is 6.48. The van der Waals surface area contributed by atoms with Crippen LogP contribution in [-0.2, 0) is 12.3 Å². The smallest absolute Gasteiger partial charge is 0.122 e. The molecule has 0 saturated heterocycles. The SMILES string of the molecule is Cc1ccc(C(C)C)cc1OCCCc1nc(CCl)cs1. The molecule has 1 aromatic heterocycles. The van der Waals surface area contributed by atoms with Crippen LogP contribution in [0, 0.1) is 6.92 Å². The summed E-state index contributed by atoms with van der Waals surface area (Å²) in [6.45, 7) is 7.21. The van der Waals surface area contributed by atoms with Gasteiger partial charge in [-0.25, -0.2) is 4.98 Å². The lowest BCUT2D eigenvalue weighted by Crippen LogP contribution is -2.01. The third kappa shape index (κ3) is 4.72. The lowest BCUT2D eigenvalue weighted by Gasteiger charge is -2.12. The summed E-state index contributed by atoms with van der Waals surface area (Å²) in [6.07, 6.45) is 1.92. The van der Waals surface area contributed by atoms with Crippen LogP contribution < -0.4 is 4.74 Å². The number of thiazole rings is 1. The molecule has 0 spiro atoms. The first-order valence-corrected chi connectivity index (χ1v) is 8.74. The van der Waals surface area contributed by atoms with Gasteiger partial charge >= 0.3 is 0 Å². The maximum Gasteiger partial charge on any atom is 0.122 e. The molecular formula is C17H22ClNOS. The number of alkyl halides is 1. The molecule has 21 heavy (non-hydrogen) atoms. The number of nitrogens with zero attached hydrogens (tertiary/aromatic N) is 1. The summed E-state index contributed by atoms with van der Waals surface area (Å²) in [7, 11) is 0. The number of rotatable bonds is 7. The second kappa shape index (κ2) is 7.81. The fourth-order valence-electron chi connectivity index (χ4n) is 2.06. The van der Waals surface area contributed by atoms with Crippen LogP contribution in [0.5, 0.6) is 5.75 Å². The van der Waals surface area contributed by atoms with Crippen LogP contribution >= 0.6 is 22.9 Å². The Hall–Kier alpha value is -1.06. The first-order chi connectivity index (χ1) is 10.1. The molecular weight excluding hydrogens is 302 g/mol. The van der Waals surface area contributed by atoms with Crippen LogP contribution in [0.15, 0.2) is 23.6 Å². The van der Waals surface area contributed by atoms with Gasteiger partial charge < -0.3 is 4.74 Å². The van der Waals surface area contributed by atoms with Gasteiger partial charge in [0.15, 0.2) is 0 Å². The molecule has 0 aliphatic rings. The van der Waals surface area contributed by atoms with Gasteiger partial charge in [-0.15, -0.1) is 22.9 Å². The second-order valence-corrected chi connectivity index (χ2v) is 6.71. The maximum absolute atomic E-state index is 5.93. The van der Waals surface area contributed by atoms with Crippen molar-refractivity contribution < 1.29 is 4.74 Å². The van der Waals surface area contributed by atoms with Gasteiger partial charge in [-0.1, -0.05) is 26.0 Å². The minimum Gasteiger partial charge on any atom is -0.493 e. The summed E-state index contributed by atoms with van der Waals surface area (Å²) < 4.78 is 5.93. The van der Waals surface area contributed by atoms with Gasteiger partial charge in [0.2, 0.25) is 0 Å². The van der Waals surface area contributed by atoms with Crippen molar-refractivity contribution in [1.29, 1.82) is 0 Å². The molecule has 0 unspecified atom stereocenters. The number of ether oxygens (including phenoxy) is 1. The predicted molar refractivity (Wildman–Crippen MR) is 90.8 cm³/mol. The fourth-order valence-corrected chi connectivity index (χ4v) is 3.13. The topological polar surface area (TPSA) is 22.1 Å². The highest BCUT2D eigenvalue weighted by Crippen LogP contribution is 2.24. The van der Waals surface area contributed by atoms with Crippen LogP contribution in [0.4, 0.5) is 0 Å². The Kier molecular flexibility index (Phi) is 6.07. The van der Waals surface area contributed by atoms with Gasteiger partial charge in [-0.05, 0) is 36.5 Å². The van der Waals surface area contributed by atoms with Crippen molar-refractivity contribution in [3.05, 3.63) is 45.4 Å². The van der Waals surface area contributed by atoms with Gasteiger partial charge in [0.25, 0.3) is 0 Å². The Bertz CT molecular complexity index is 580. The van der Waals surface area contributed by atoms with Gasteiger partial charge in [-0.3, -0.25) is 0 Å². The van der Waals surface area contributed by atoms with E-state index >= 15 is 0 Å². The highest BCUT2D eigenvalue weighted by atomic mass is 35.5. The van der Waals surface area contributed by atoms with E-state index in [1.165, 1.54) is 11.1 Å². The zero-order valence-electron chi connectivity index (χ0n) is 12.9. The highest BCUT2D eigenvalue weighted by Gasteiger charge is 2.05. The maximum atomic E-state index is 5.93. The van der Waals surface area contributed by atoms with Gasteiger partial charge in [0.05, 0.1) is 23.2 Å². The minimum atomic E-state index is 0.494. The highest BCUT2D eigenvalue weighted by molar-refractivity contribution is 7.09. The van der Waals surface area contributed by atoms with Crippen molar-refractivity contribution >= 4 is 22.9 Å². The summed E-state index contributed by atoms with van der Waals surface area (Å²) >= 11 is 7.44. The molecule has 4 heteroatoms. The minimum absolute atomic E-state index is 0.494. The van der Waals surface area contributed by atoms with Gasteiger partial charge in [0, 0.05) is 11.8 Å². The van der Waals surface area contributed by atoms with Crippen molar-refractivity contribution in [2.45, 2.75) is 45.4 Å². The molecule has 0 bridgehead atoms. The number of aryl methyl sites for hydroxylation is 2. The third-order valence-electron chi connectivity index (χ3n) is 3.41. The Morgan fingerprint density at radius 1 is 1.33 bits per heavy atom. The monoisotopic (exact) mass is 323 g/mol. The van der Waals surface area contributed by atoms with E-state index in [4.69, 9.17) is 16.3 Å². The van der Waals surface area contributed by atoms with Gasteiger partial charge in [0.1, 0.15) is 5.75 Å². The van der Waals surface area contributed by atoms with Crippen LogP contribution in [0.1, 0.15) is 48.0 Å². The number of aromatic nitrogens is 1. The molecule has 0 saturated carbocycles. The van der Waals surface area contributed by atoms with E-state index < -0.39 is 0 Å². The number of halogens is 1. The molecule has 1 aromatic carbocycles. The summed E-state index contributed by atoms with van der Waals surface area (Å²) in [5.74, 6) is 2.02. The fraction of sp³-hybridized carbons (Fsp3) is 0.471. The average Bonchev–Trinajstić information content (AvgIpc) is 2.93. The van der Waals surface area contributed by atoms with E-state index in [0.717, 1.165) is 35.9 Å². The number of hydrogen-bond donors (Lipinski definition) is 0. The first kappa shape index (κ1) is 16.3. The lowest BCUT2D eigenvalue weighted by atomic mass is 10.0. The number of hydrogen-bond acceptors (Lipinski definition) is 3. The largest absolute Gasteiger partial charge is 0.493 e. The summed E-state index contributed by atoms with van der Waals surface area (Å²) in [5.41, 5.74) is 3.48. The molecule has 2 rings (SSSR count). The van der Waals surface area contributed by atoms with Crippen molar-refractivity contribution in [3.63, 3.8) is 0 Å². The van der Waals surface area contributed by atoms with Crippen molar-refractivity contribution in [2.75, 3.05) is 6.61 Å². The van der Waals surface area contributed by atoms with Crippen LogP contribution in [0.3, 0.4) is 0 Å². The Morgan fingerprint density at radius 3 is 2.81 bits per heavy atom. The molecule has 0 amide bonds. The molecule has 2 nitrogen and oxygen atoms in total. The molecule has 2 aromatic rings. The van der Waals surface area contributed by atoms with E-state index in [0.29, 0.717) is 11.8 Å². The molecule has 0 radical (unpaired) electrons. The van der Waals surface area contributed by atoms with Crippen molar-refractivity contribution in [1.82, 2.24) is 4.98 Å². The van der Waals surface area contributed by atoms with Crippen molar-refractivity contribution in [3.8, 4) is 5.75 Å². The standard InChI is InChI=1S/C17H22ClNOS/c1-12(2)14-7-6-13(3)16(9-14)20-8-4-5-17-19-15(10-18)11-21-17/h6-7,9,11-12H,4-5,8,10H2,1-3H3. The van der Waals surface area contributed by atoms with E-state index in [1.54, 1.807) is 11.3 Å². The van der Waals surface area contributed by atoms with E-state index in [-0.39, 0.29) is 0 Å². The molecule has 114 valence electrons. The zero-order chi connectivity index (χ0) is 15.2. The van der Waals surface area contributed by atoms with Crippen LogP contribution in [0.25, 0.3) is 0 Å². The second-order valence-electron chi connectivity index (χ2n) is 5.50. The number of benzene rings is 1. The lowest BCUT2D eigenvalue weighted by molar-refractivity contribution is 0.308. The van der Waals surface area contributed by atoms with E-state index in [1.807, 2.05) is 5.38 Å². The first-order valence-electron chi connectivity index (χ1n) is 7.32. The van der Waals surface area contributed by atoms with Crippen LogP contribution in [-0.4, -0.2) is 11.6 Å². The van der Waals surface area contributed by atoms with E-state index in [2.05, 4.69) is 44.0 Å². The predicted octanol–water partition coefficient (Wildman–Crippen LogP) is 5.33. The Labute approximate surface area is 136 Å². The summed E-state index contributed by atoms with van der Waals surface area (Å²) in [4.78, 5) is 4.46. The molecule has 0 aliphatic heterocycles. The quantitative estimate of drug-likeness (QED) is 0.508. The Balaban J connectivity index is 1.84. The third-order valence-corrected chi connectivity index (χ3v) is 4.64. The molecule has 0 fully saturated rings. The molecule has 0 aliphatic carbocycles.